The summed E-state index contributed by atoms with van der Waals surface area (Å²) in [5.41, 5.74) is 5.39. The summed E-state index contributed by atoms with van der Waals surface area (Å²) in [4.78, 5) is 43.5. The van der Waals surface area contributed by atoms with Gasteiger partial charge in [0.2, 0.25) is 5.78 Å². The second-order valence-electron chi connectivity index (χ2n) is 12.0. The third kappa shape index (κ3) is 4.30. The van der Waals surface area contributed by atoms with Crippen LogP contribution in [0.4, 0.5) is 0 Å². The highest BCUT2D eigenvalue weighted by molar-refractivity contribution is 6.32. The Labute approximate surface area is 253 Å². The monoisotopic (exact) mass is 607 g/mol. The number of likely N-dealkylation sites (N-methyl/N-ethyl adjacent to an activating group) is 1. The Bertz CT molecular complexity index is 1650. The summed E-state index contributed by atoms with van der Waals surface area (Å²) >= 11 is 6.95. The Kier molecular flexibility index (Phi) is 7.16. The van der Waals surface area contributed by atoms with Gasteiger partial charge in [0.15, 0.2) is 11.4 Å². The zero-order valence-electron chi connectivity index (χ0n) is 23.9. The number of nitrogens with zero attached hydrogens (tertiary/aromatic N) is 2. The van der Waals surface area contributed by atoms with Gasteiger partial charge in [-0.05, 0) is 67.1 Å². The fraction of sp³-hybridized carbons (Fsp3) is 0.406. The molecule has 1 saturated carbocycles. The molecule has 1 heterocycles. The van der Waals surface area contributed by atoms with E-state index in [-0.39, 0.29) is 29.7 Å². The number of nitrogens with two attached hydrogens (primary N) is 1. The Balaban J connectivity index is 1.42. The molecule has 3 aliphatic carbocycles. The minimum absolute atomic E-state index is 0.00732. The lowest BCUT2D eigenvalue weighted by molar-refractivity contribution is -0.154. The number of phenols is 1. The van der Waals surface area contributed by atoms with Crippen molar-refractivity contribution >= 4 is 34.8 Å². The summed E-state index contributed by atoms with van der Waals surface area (Å²) in [5, 5.41) is 45.8. The van der Waals surface area contributed by atoms with Gasteiger partial charge in [0, 0.05) is 36.1 Å². The van der Waals surface area contributed by atoms with Crippen molar-refractivity contribution in [2.75, 3.05) is 20.1 Å². The highest BCUT2D eigenvalue weighted by Gasteiger charge is 2.64. The smallest absolute Gasteiger partial charge is 0.255 e. The molecule has 1 fully saturated rings. The highest BCUT2D eigenvalue weighted by Crippen LogP contribution is 2.53. The summed E-state index contributed by atoms with van der Waals surface area (Å²) < 4.78 is 0. The number of rotatable bonds is 5. The molecule has 4 aliphatic rings. The number of aliphatic hydroxyl groups excluding tert-OH is 2. The van der Waals surface area contributed by atoms with Crippen molar-refractivity contribution in [1.82, 2.24) is 9.80 Å². The molecule has 226 valence electrons. The number of fused-ring (bicyclic) bond motifs is 4. The topological polar surface area (TPSA) is 165 Å². The number of ketones is 2. The van der Waals surface area contributed by atoms with Crippen LogP contribution in [0.1, 0.15) is 41.2 Å². The molecule has 10 nitrogen and oxygen atoms in total. The fourth-order valence-corrected chi connectivity index (χ4v) is 7.79. The van der Waals surface area contributed by atoms with Gasteiger partial charge in [0.25, 0.3) is 5.91 Å². The minimum Gasteiger partial charge on any atom is -0.508 e. The zero-order valence-corrected chi connectivity index (χ0v) is 24.7. The van der Waals surface area contributed by atoms with E-state index >= 15 is 0 Å². The maximum Gasteiger partial charge on any atom is 0.255 e. The summed E-state index contributed by atoms with van der Waals surface area (Å²) in [6, 6.07) is 8.61. The minimum atomic E-state index is -2.67. The second-order valence-corrected chi connectivity index (χ2v) is 12.4. The average Bonchev–Trinajstić information content (AvgIpc) is 2.97. The predicted octanol–water partition coefficient (Wildman–Crippen LogP) is 2.57. The van der Waals surface area contributed by atoms with E-state index in [1.165, 1.54) is 17.2 Å². The molecular formula is C32H34ClN3O7. The average molecular weight is 608 g/mol. The van der Waals surface area contributed by atoms with Gasteiger partial charge in [-0.25, -0.2) is 0 Å². The van der Waals surface area contributed by atoms with Gasteiger partial charge < -0.3 is 26.2 Å². The SMILES string of the molecule is CCN(C)C1C(=O)C(C(N)=O)=C(O)[C@@]2(O)C(=O)C3=C(O)c4c(O)cc(CN5CCc6ccccc6C5)c(Cl)c4C[C@H]3C[C@@H]12. The summed E-state index contributed by atoms with van der Waals surface area (Å²) in [7, 11) is 1.62. The summed E-state index contributed by atoms with van der Waals surface area (Å²) in [6.07, 6.45) is 1.05. The molecule has 6 rings (SSSR count). The van der Waals surface area contributed by atoms with E-state index in [9.17, 15) is 34.8 Å². The molecule has 0 radical (unpaired) electrons. The van der Waals surface area contributed by atoms with E-state index in [2.05, 4.69) is 17.0 Å². The number of aromatic hydroxyl groups is 1. The van der Waals surface area contributed by atoms with Crippen LogP contribution in [0.2, 0.25) is 5.02 Å². The Hall–Kier alpha value is -3.70. The zero-order chi connectivity index (χ0) is 31.0. The van der Waals surface area contributed by atoms with Gasteiger partial charge in [-0.3, -0.25) is 24.2 Å². The normalized spacial score (nSPS) is 27.1. The van der Waals surface area contributed by atoms with Gasteiger partial charge in [0.05, 0.1) is 11.6 Å². The van der Waals surface area contributed by atoms with Crippen LogP contribution in [0.25, 0.3) is 5.76 Å². The predicted molar refractivity (Wildman–Crippen MR) is 158 cm³/mol. The first-order chi connectivity index (χ1) is 20.4. The number of Topliss-reactive ketones (excluding diaryl/α,β-unsaturated/α-hetero) is 2. The number of phenolic OH excluding ortho intramolecular Hbond substituents is 1. The quantitative estimate of drug-likeness (QED) is 0.321. The number of amides is 1. The van der Waals surface area contributed by atoms with E-state index in [1.807, 2.05) is 12.1 Å². The first kappa shape index (κ1) is 29.4. The van der Waals surface area contributed by atoms with Crippen LogP contribution < -0.4 is 5.73 Å². The molecular weight excluding hydrogens is 574 g/mol. The Morgan fingerprint density at radius 2 is 1.88 bits per heavy atom. The van der Waals surface area contributed by atoms with Crippen LogP contribution in [0, 0.1) is 11.8 Å². The highest BCUT2D eigenvalue weighted by atomic mass is 35.5. The van der Waals surface area contributed by atoms with Crippen LogP contribution in [-0.2, 0) is 40.3 Å². The third-order valence-electron chi connectivity index (χ3n) is 9.75. The van der Waals surface area contributed by atoms with Crippen LogP contribution >= 0.6 is 11.6 Å². The van der Waals surface area contributed by atoms with Crippen molar-refractivity contribution in [2.24, 2.45) is 17.6 Å². The number of aliphatic hydroxyl groups is 3. The third-order valence-corrected chi connectivity index (χ3v) is 10.2. The van der Waals surface area contributed by atoms with Crippen LogP contribution in [0.15, 0.2) is 47.2 Å². The summed E-state index contributed by atoms with van der Waals surface area (Å²) in [5.74, 6) is -6.81. The maximum atomic E-state index is 14.0. The van der Waals surface area contributed by atoms with E-state index in [0.29, 0.717) is 29.2 Å². The molecule has 11 heteroatoms. The standard InChI is InChI=1S/C32H34ClN3O7/c1-3-35(2)26-20-11-17-10-19-23(27(38)22(17)29(40)32(20,43)30(41)24(28(26)39)31(34)42)21(37)12-18(25(19)33)14-36-9-8-15-6-4-5-7-16(15)13-36/h4-7,12,17,20,26,37-38,41,43H,3,8-11,13-14H2,1-2H3,(H2,34,42)/t17-,20-,26?,32-/m0/s1. The molecule has 1 amide bonds. The van der Waals surface area contributed by atoms with Gasteiger partial charge in [-0.2, -0.15) is 0 Å². The van der Waals surface area contributed by atoms with Crippen LogP contribution in [-0.4, -0.2) is 79.5 Å². The Morgan fingerprint density at radius 3 is 2.56 bits per heavy atom. The number of halogens is 1. The molecule has 4 atom stereocenters. The lowest BCUT2D eigenvalue weighted by atomic mass is 9.57. The lowest BCUT2D eigenvalue weighted by Crippen LogP contribution is -2.66. The van der Waals surface area contributed by atoms with Gasteiger partial charge in [0.1, 0.15) is 22.8 Å². The molecule has 0 spiro atoms. The molecule has 2 aromatic rings. The molecule has 0 saturated heterocycles. The molecule has 2 aromatic carbocycles. The maximum absolute atomic E-state index is 14.0. The number of hydrogen-bond donors (Lipinski definition) is 5. The van der Waals surface area contributed by atoms with Crippen molar-refractivity contribution in [1.29, 1.82) is 0 Å². The Morgan fingerprint density at radius 1 is 1.19 bits per heavy atom. The van der Waals surface area contributed by atoms with Gasteiger partial charge >= 0.3 is 0 Å². The summed E-state index contributed by atoms with van der Waals surface area (Å²) in [6.45, 7) is 4.11. The fourth-order valence-electron chi connectivity index (χ4n) is 7.50. The molecule has 1 aliphatic heterocycles. The number of hydrogen-bond acceptors (Lipinski definition) is 9. The van der Waals surface area contributed by atoms with Crippen molar-refractivity contribution in [2.45, 2.75) is 50.9 Å². The number of benzene rings is 2. The second kappa shape index (κ2) is 10.5. The number of carbonyl (C=O) groups excluding carboxylic acids is 3. The first-order valence-corrected chi connectivity index (χ1v) is 14.8. The van der Waals surface area contributed by atoms with E-state index in [1.54, 1.807) is 18.9 Å². The molecule has 43 heavy (non-hydrogen) atoms. The van der Waals surface area contributed by atoms with E-state index in [4.69, 9.17) is 17.3 Å². The van der Waals surface area contributed by atoms with Crippen molar-refractivity contribution in [3.8, 4) is 5.75 Å². The van der Waals surface area contributed by atoms with Crippen molar-refractivity contribution in [3.63, 3.8) is 0 Å². The first-order valence-electron chi connectivity index (χ1n) is 14.4. The largest absolute Gasteiger partial charge is 0.508 e. The van der Waals surface area contributed by atoms with Gasteiger partial charge in [-0.1, -0.05) is 42.8 Å². The van der Waals surface area contributed by atoms with Crippen molar-refractivity contribution in [3.05, 3.63) is 80.1 Å². The van der Waals surface area contributed by atoms with E-state index < -0.39 is 58.0 Å². The molecule has 0 bridgehead atoms. The van der Waals surface area contributed by atoms with Crippen LogP contribution in [0.3, 0.4) is 0 Å². The van der Waals surface area contributed by atoms with Gasteiger partial charge in [-0.15, -0.1) is 0 Å². The van der Waals surface area contributed by atoms with Crippen molar-refractivity contribution < 1.29 is 34.8 Å². The van der Waals surface area contributed by atoms with E-state index in [0.717, 1.165) is 19.5 Å². The molecule has 0 aromatic heterocycles. The number of primary amides is 1. The number of carbonyl (C=O) groups is 3. The molecule has 6 N–H and O–H groups in total. The molecule has 1 unspecified atom stereocenters. The van der Waals surface area contributed by atoms with Crippen LogP contribution in [0.5, 0.6) is 5.75 Å². The lowest BCUT2D eigenvalue weighted by Gasteiger charge is -2.50.